The Balaban J connectivity index is 1.56. The minimum absolute atomic E-state index is 0.191. The maximum Gasteiger partial charge on any atom is 0.272 e. The first-order valence-corrected chi connectivity index (χ1v) is 11.3. The van der Waals surface area contributed by atoms with Gasteiger partial charge in [0.15, 0.2) is 0 Å². The Labute approximate surface area is 206 Å². The molecule has 0 aliphatic rings. The number of nitriles is 1. The van der Waals surface area contributed by atoms with Crippen LogP contribution in [0.5, 0.6) is 11.5 Å². The molecule has 2 heterocycles. The molecule has 0 aliphatic carbocycles. The van der Waals surface area contributed by atoms with Crippen molar-refractivity contribution in [3.8, 4) is 28.7 Å². The Morgan fingerprint density at radius 2 is 1.89 bits per heavy atom. The van der Waals surface area contributed by atoms with Crippen LogP contribution >= 0.6 is 0 Å². The zero-order valence-corrected chi connectivity index (χ0v) is 19.5. The summed E-state index contributed by atoms with van der Waals surface area (Å²) in [7, 11) is 1.82. The number of nitrogens with one attached hydrogen (secondary N) is 1. The van der Waals surface area contributed by atoms with Crippen molar-refractivity contribution < 1.29 is 4.74 Å². The van der Waals surface area contributed by atoms with Gasteiger partial charge < -0.3 is 10.5 Å². The Bertz CT molecular complexity index is 1690. The van der Waals surface area contributed by atoms with Crippen LogP contribution in [-0.2, 0) is 13.6 Å². The zero-order valence-electron chi connectivity index (χ0n) is 19.5. The minimum atomic E-state index is -0.274. The van der Waals surface area contributed by atoms with E-state index in [1.165, 1.54) is 0 Å². The standard InChI is InChI=1S/C28H22N6O2/c1-34-27(14-20(15-29)18-6-5-9-22(12-18)36-21-7-3-2-4-8-21)25(17-31-34)19-10-11-23-24(13-19)26(16-30)32-33-28(23)35/h2-14,17H,16,30H2,1H3,(H,33,35)/b20-14+. The highest BCUT2D eigenvalue weighted by atomic mass is 16.5. The van der Waals surface area contributed by atoms with Gasteiger partial charge in [-0.25, -0.2) is 5.10 Å². The molecule has 3 N–H and O–H groups in total. The molecule has 0 saturated carbocycles. The summed E-state index contributed by atoms with van der Waals surface area (Å²) in [6.07, 6.45) is 3.54. The number of rotatable bonds is 6. The molecule has 8 nitrogen and oxygen atoms in total. The number of H-pyrrole nitrogens is 1. The predicted octanol–water partition coefficient (Wildman–Crippen LogP) is 4.64. The van der Waals surface area contributed by atoms with Crippen molar-refractivity contribution in [2.24, 2.45) is 12.8 Å². The number of aryl methyl sites for hydroxylation is 1. The maximum absolute atomic E-state index is 12.2. The summed E-state index contributed by atoms with van der Waals surface area (Å²) in [6, 6.07) is 24.7. The SMILES string of the molecule is Cn1ncc(-c2ccc3c(=O)[nH]nc(CN)c3c2)c1/C=C(\C#N)c1cccc(Oc2ccccc2)c1. The molecule has 36 heavy (non-hydrogen) atoms. The number of aromatic nitrogens is 4. The van der Waals surface area contributed by atoms with Gasteiger partial charge in [0, 0.05) is 24.5 Å². The number of nitrogens with zero attached hydrogens (tertiary/aromatic N) is 4. The lowest BCUT2D eigenvalue weighted by molar-refractivity contribution is 0.482. The molecule has 3 aromatic carbocycles. The predicted molar refractivity (Wildman–Crippen MR) is 139 cm³/mol. The summed E-state index contributed by atoms with van der Waals surface area (Å²) in [5.74, 6) is 1.35. The van der Waals surface area contributed by atoms with Gasteiger partial charge >= 0.3 is 0 Å². The molecule has 0 unspecified atom stereocenters. The highest BCUT2D eigenvalue weighted by molar-refractivity contribution is 5.94. The van der Waals surface area contributed by atoms with Crippen LogP contribution in [0.1, 0.15) is 17.0 Å². The molecule has 0 spiro atoms. The Hall–Kier alpha value is -5.00. The summed E-state index contributed by atoms with van der Waals surface area (Å²) < 4.78 is 7.65. The highest BCUT2D eigenvalue weighted by Gasteiger charge is 2.14. The molecule has 8 heteroatoms. The zero-order chi connectivity index (χ0) is 25.1. The topological polar surface area (TPSA) is 123 Å². The van der Waals surface area contributed by atoms with Crippen LogP contribution in [0.25, 0.3) is 33.5 Å². The van der Waals surface area contributed by atoms with Gasteiger partial charge in [0.1, 0.15) is 11.5 Å². The van der Waals surface area contributed by atoms with Gasteiger partial charge in [-0.1, -0.05) is 36.4 Å². The molecular formula is C28H22N6O2. The summed E-state index contributed by atoms with van der Waals surface area (Å²) in [5, 5.41) is 22.2. The number of para-hydroxylation sites is 1. The van der Waals surface area contributed by atoms with Crippen molar-refractivity contribution >= 4 is 22.4 Å². The highest BCUT2D eigenvalue weighted by Crippen LogP contribution is 2.31. The largest absolute Gasteiger partial charge is 0.457 e. The third kappa shape index (κ3) is 4.39. The second-order valence-electron chi connectivity index (χ2n) is 8.14. The Morgan fingerprint density at radius 1 is 1.08 bits per heavy atom. The van der Waals surface area contributed by atoms with E-state index in [2.05, 4.69) is 21.4 Å². The Kier molecular flexibility index (Phi) is 6.14. The summed E-state index contributed by atoms with van der Waals surface area (Å²) in [6.45, 7) is 0.191. The van der Waals surface area contributed by atoms with Crippen molar-refractivity contribution in [2.45, 2.75) is 6.54 Å². The molecule has 5 aromatic rings. The van der Waals surface area contributed by atoms with E-state index in [4.69, 9.17) is 10.5 Å². The van der Waals surface area contributed by atoms with Gasteiger partial charge in [0.25, 0.3) is 5.56 Å². The van der Waals surface area contributed by atoms with Crippen LogP contribution in [0.2, 0.25) is 0 Å². The number of fused-ring (bicyclic) bond motifs is 1. The minimum Gasteiger partial charge on any atom is -0.457 e. The van der Waals surface area contributed by atoms with Gasteiger partial charge in [0.2, 0.25) is 0 Å². The number of hydrogen-bond acceptors (Lipinski definition) is 6. The molecular weight excluding hydrogens is 452 g/mol. The summed E-state index contributed by atoms with van der Waals surface area (Å²) in [5.41, 5.74) is 9.73. The first-order valence-electron chi connectivity index (χ1n) is 11.3. The first kappa shape index (κ1) is 22.8. The average Bonchev–Trinajstić information content (AvgIpc) is 3.27. The lowest BCUT2D eigenvalue weighted by atomic mass is 9.99. The molecule has 2 aromatic heterocycles. The van der Waals surface area contributed by atoms with Gasteiger partial charge in [-0.2, -0.15) is 15.5 Å². The quantitative estimate of drug-likeness (QED) is 0.346. The van der Waals surface area contributed by atoms with Gasteiger partial charge in [-0.3, -0.25) is 9.48 Å². The molecule has 176 valence electrons. The van der Waals surface area contributed by atoms with Crippen molar-refractivity contribution in [1.82, 2.24) is 20.0 Å². The lowest BCUT2D eigenvalue weighted by Gasteiger charge is -2.09. The second kappa shape index (κ2) is 9.70. The summed E-state index contributed by atoms with van der Waals surface area (Å²) in [4.78, 5) is 12.2. The van der Waals surface area contributed by atoms with Gasteiger partial charge in [0.05, 0.1) is 34.6 Å². The molecule has 0 amide bonds. The van der Waals surface area contributed by atoms with Crippen LogP contribution in [0.15, 0.2) is 83.8 Å². The van der Waals surface area contributed by atoms with E-state index >= 15 is 0 Å². The number of aromatic amines is 1. The lowest BCUT2D eigenvalue weighted by Crippen LogP contribution is -2.13. The number of ether oxygens (including phenoxy) is 1. The van der Waals surface area contributed by atoms with E-state index in [1.54, 1.807) is 23.0 Å². The van der Waals surface area contributed by atoms with Crippen molar-refractivity contribution in [3.05, 3.63) is 106 Å². The summed E-state index contributed by atoms with van der Waals surface area (Å²) >= 11 is 0. The van der Waals surface area contributed by atoms with Gasteiger partial charge in [-0.15, -0.1) is 0 Å². The van der Waals surface area contributed by atoms with Crippen LogP contribution in [0.3, 0.4) is 0 Å². The van der Waals surface area contributed by atoms with E-state index < -0.39 is 0 Å². The van der Waals surface area contributed by atoms with Gasteiger partial charge in [-0.05, 0) is 53.6 Å². The fraction of sp³-hybridized carbons (Fsp3) is 0.0714. The van der Waals surface area contributed by atoms with Crippen LogP contribution in [-0.4, -0.2) is 20.0 Å². The molecule has 5 rings (SSSR count). The number of allylic oxidation sites excluding steroid dienone is 1. The number of hydrogen-bond donors (Lipinski definition) is 2. The third-order valence-corrected chi connectivity index (χ3v) is 5.88. The van der Waals surface area contributed by atoms with Crippen molar-refractivity contribution in [3.63, 3.8) is 0 Å². The number of nitrogens with two attached hydrogens (primary N) is 1. The van der Waals surface area contributed by atoms with Crippen LogP contribution < -0.4 is 16.0 Å². The second-order valence-corrected chi connectivity index (χ2v) is 8.14. The molecule has 0 atom stereocenters. The van der Waals surface area contributed by atoms with E-state index in [9.17, 15) is 10.1 Å². The first-order chi connectivity index (χ1) is 17.6. The van der Waals surface area contributed by atoms with Crippen molar-refractivity contribution in [2.75, 3.05) is 0 Å². The number of benzene rings is 3. The van der Waals surface area contributed by atoms with E-state index in [-0.39, 0.29) is 12.1 Å². The molecule has 0 radical (unpaired) electrons. The molecule has 0 fully saturated rings. The molecule has 0 saturated heterocycles. The molecule has 0 aliphatic heterocycles. The third-order valence-electron chi connectivity index (χ3n) is 5.88. The van der Waals surface area contributed by atoms with E-state index in [0.717, 1.165) is 22.4 Å². The normalized spacial score (nSPS) is 11.4. The van der Waals surface area contributed by atoms with Crippen LogP contribution in [0, 0.1) is 11.3 Å². The van der Waals surface area contributed by atoms with Crippen LogP contribution in [0.4, 0.5) is 0 Å². The average molecular weight is 475 g/mol. The fourth-order valence-corrected chi connectivity index (χ4v) is 4.05. The maximum atomic E-state index is 12.2. The van der Waals surface area contributed by atoms with E-state index in [0.29, 0.717) is 33.5 Å². The Morgan fingerprint density at radius 3 is 2.67 bits per heavy atom. The smallest absolute Gasteiger partial charge is 0.272 e. The molecule has 0 bridgehead atoms. The monoisotopic (exact) mass is 474 g/mol. The van der Waals surface area contributed by atoms with E-state index in [1.807, 2.05) is 73.8 Å². The van der Waals surface area contributed by atoms with Crippen molar-refractivity contribution in [1.29, 1.82) is 5.26 Å². The fourth-order valence-electron chi connectivity index (χ4n) is 4.05.